The van der Waals surface area contributed by atoms with Gasteiger partial charge in [-0.2, -0.15) is 8.42 Å². The van der Waals surface area contributed by atoms with Gasteiger partial charge in [0.05, 0.1) is 0 Å². The minimum Gasteiger partial charge on any atom is -0.323 e. The van der Waals surface area contributed by atoms with Crippen LogP contribution in [0.25, 0.3) is 0 Å². The third-order valence-corrected chi connectivity index (χ3v) is 6.58. The van der Waals surface area contributed by atoms with Crippen LogP contribution in [0.15, 0.2) is 0 Å². The van der Waals surface area contributed by atoms with Crippen LogP contribution in [0.3, 0.4) is 0 Å². The van der Waals surface area contributed by atoms with Gasteiger partial charge in [0.2, 0.25) is 0 Å². The first-order chi connectivity index (χ1) is 8.21. The number of nitrogens with one attached hydrogen (secondary N) is 1. The minimum absolute atomic E-state index is 0.261. The SMILES string of the molecule is O=P(O)(O)C(C[C@@H]1CCCCCCN1)S(=O)(=O)O. The van der Waals surface area contributed by atoms with Crippen LogP contribution in [0, 0.1) is 0 Å². The zero-order chi connectivity index (χ0) is 13.8. The Bertz CT molecular complexity index is 397. The zero-order valence-corrected chi connectivity index (χ0v) is 11.7. The molecule has 0 aromatic heterocycles. The summed E-state index contributed by atoms with van der Waals surface area (Å²) in [6.07, 6.45) is 4.37. The van der Waals surface area contributed by atoms with Gasteiger partial charge < -0.3 is 15.1 Å². The second-order valence-electron chi connectivity index (χ2n) is 4.65. The van der Waals surface area contributed by atoms with E-state index in [2.05, 4.69) is 5.32 Å². The van der Waals surface area contributed by atoms with Crippen molar-refractivity contribution in [1.29, 1.82) is 0 Å². The molecule has 108 valence electrons. The van der Waals surface area contributed by atoms with E-state index in [0.29, 0.717) is 13.0 Å². The van der Waals surface area contributed by atoms with Crippen molar-refractivity contribution in [3.8, 4) is 0 Å². The Morgan fingerprint density at radius 2 is 1.83 bits per heavy atom. The Kier molecular flexibility index (Phi) is 5.76. The normalized spacial score (nSPS) is 25.2. The predicted octanol–water partition coefficient (Wildman–Crippen LogP) is 0.690. The maximum absolute atomic E-state index is 11.1. The van der Waals surface area contributed by atoms with Gasteiger partial charge in [0.1, 0.15) is 0 Å². The first-order valence-corrected chi connectivity index (χ1v) is 9.14. The summed E-state index contributed by atoms with van der Waals surface area (Å²) in [6.45, 7) is 0.698. The fraction of sp³-hybridized carbons (Fsp3) is 1.00. The van der Waals surface area contributed by atoms with Crippen LogP contribution in [-0.4, -0.2) is 40.3 Å². The van der Waals surface area contributed by atoms with Gasteiger partial charge in [-0.15, -0.1) is 0 Å². The number of rotatable bonds is 4. The number of hydrogen-bond donors (Lipinski definition) is 4. The summed E-state index contributed by atoms with van der Waals surface area (Å²) in [6, 6.07) is -0.287. The monoisotopic (exact) mass is 301 g/mol. The van der Waals surface area contributed by atoms with Crippen molar-refractivity contribution in [2.24, 2.45) is 0 Å². The van der Waals surface area contributed by atoms with Gasteiger partial charge in [0.25, 0.3) is 10.1 Å². The molecule has 18 heavy (non-hydrogen) atoms. The molecular formula is C9H20NO6PS. The van der Waals surface area contributed by atoms with Crippen molar-refractivity contribution in [1.82, 2.24) is 5.32 Å². The summed E-state index contributed by atoms with van der Waals surface area (Å²) >= 11 is 0. The van der Waals surface area contributed by atoms with Crippen molar-refractivity contribution in [2.75, 3.05) is 6.54 Å². The summed E-state index contributed by atoms with van der Waals surface area (Å²) in [5.41, 5.74) is 0. The molecule has 1 aliphatic heterocycles. The molecule has 9 heteroatoms. The van der Waals surface area contributed by atoms with E-state index in [4.69, 9.17) is 14.3 Å². The van der Waals surface area contributed by atoms with E-state index >= 15 is 0 Å². The van der Waals surface area contributed by atoms with Crippen LogP contribution in [-0.2, 0) is 14.7 Å². The van der Waals surface area contributed by atoms with Crippen LogP contribution in [0.1, 0.15) is 38.5 Å². The maximum atomic E-state index is 11.1. The van der Waals surface area contributed by atoms with Gasteiger partial charge in [0, 0.05) is 6.04 Å². The van der Waals surface area contributed by atoms with E-state index in [0.717, 1.165) is 25.7 Å². The lowest BCUT2D eigenvalue weighted by molar-refractivity contribution is 0.344. The first-order valence-electron chi connectivity index (χ1n) is 5.96. The van der Waals surface area contributed by atoms with Gasteiger partial charge in [-0.1, -0.05) is 19.3 Å². The summed E-state index contributed by atoms with van der Waals surface area (Å²) in [5, 5.41) is 3.08. The second kappa shape index (κ2) is 6.45. The third-order valence-electron chi connectivity index (χ3n) is 3.12. The lowest BCUT2D eigenvalue weighted by Crippen LogP contribution is -2.36. The Morgan fingerprint density at radius 3 is 2.39 bits per heavy atom. The fourth-order valence-electron chi connectivity index (χ4n) is 2.15. The van der Waals surface area contributed by atoms with Crippen LogP contribution < -0.4 is 5.32 Å². The van der Waals surface area contributed by atoms with Gasteiger partial charge in [-0.05, 0) is 25.8 Å². The molecule has 4 N–H and O–H groups in total. The summed E-state index contributed by atoms with van der Waals surface area (Å²) < 4.78 is 42.1. The molecule has 1 heterocycles. The van der Waals surface area contributed by atoms with Crippen LogP contribution in [0.5, 0.6) is 0 Å². The Labute approximate surface area is 107 Å². The fourth-order valence-corrected chi connectivity index (χ4v) is 4.55. The highest BCUT2D eigenvalue weighted by molar-refractivity contribution is 7.93. The van der Waals surface area contributed by atoms with Crippen LogP contribution in [0.4, 0.5) is 0 Å². The van der Waals surface area contributed by atoms with Gasteiger partial charge in [-0.25, -0.2) is 0 Å². The second-order valence-corrected chi connectivity index (χ2v) is 8.40. The van der Waals surface area contributed by atoms with E-state index in [1.54, 1.807) is 0 Å². The quantitative estimate of drug-likeness (QED) is 0.445. The van der Waals surface area contributed by atoms with E-state index in [1.807, 2.05) is 0 Å². The molecule has 0 aliphatic carbocycles. The smallest absolute Gasteiger partial charge is 0.323 e. The van der Waals surface area contributed by atoms with Gasteiger partial charge in [-0.3, -0.25) is 9.12 Å². The van der Waals surface area contributed by atoms with Crippen molar-refractivity contribution in [3.63, 3.8) is 0 Å². The van der Waals surface area contributed by atoms with Gasteiger partial charge in [0.15, 0.2) is 4.99 Å². The molecule has 0 aromatic rings. The zero-order valence-electron chi connectivity index (χ0n) is 10.0. The molecule has 0 aromatic carbocycles. The van der Waals surface area contributed by atoms with Gasteiger partial charge >= 0.3 is 7.60 Å². The average Bonchev–Trinajstić information content (AvgIpc) is 2.11. The van der Waals surface area contributed by atoms with Crippen molar-refractivity contribution in [2.45, 2.75) is 49.6 Å². The standard InChI is InChI=1S/C9H20NO6PS/c11-17(12,13)9(18(14,15)16)7-8-5-3-1-2-4-6-10-8/h8-10H,1-7H2,(H2,11,12,13)(H,14,15,16)/t8-,9?/m0/s1. The molecule has 1 unspecified atom stereocenters. The van der Waals surface area contributed by atoms with Crippen molar-refractivity contribution >= 4 is 17.7 Å². The molecule has 2 atom stereocenters. The van der Waals surface area contributed by atoms with Crippen molar-refractivity contribution in [3.05, 3.63) is 0 Å². The maximum Gasteiger partial charge on any atom is 0.346 e. The molecule has 0 saturated carbocycles. The van der Waals surface area contributed by atoms with E-state index in [-0.39, 0.29) is 12.5 Å². The summed E-state index contributed by atoms with van der Waals surface area (Å²) in [5.74, 6) is 0. The molecule has 1 fully saturated rings. The topological polar surface area (TPSA) is 124 Å². The Morgan fingerprint density at radius 1 is 1.22 bits per heavy atom. The predicted molar refractivity (Wildman–Crippen MR) is 66.9 cm³/mol. The molecular weight excluding hydrogens is 281 g/mol. The summed E-state index contributed by atoms with van der Waals surface area (Å²) in [4.78, 5) is 16.0. The lowest BCUT2D eigenvalue weighted by Gasteiger charge is -2.25. The molecule has 1 saturated heterocycles. The molecule has 0 radical (unpaired) electrons. The van der Waals surface area contributed by atoms with Crippen LogP contribution >= 0.6 is 7.60 Å². The van der Waals surface area contributed by atoms with E-state index < -0.39 is 22.7 Å². The molecule has 0 bridgehead atoms. The Balaban J connectivity index is 2.73. The molecule has 7 nitrogen and oxygen atoms in total. The molecule has 1 aliphatic rings. The Hall–Kier alpha value is 0.0200. The number of hydrogen-bond acceptors (Lipinski definition) is 4. The lowest BCUT2D eigenvalue weighted by atomic mass is 10.0. The highest BCUT2D eigenvalue weighted by atomic mass is 32.2. The first kappa shape index (κ1) is 16.1. The minimum atomic E-state index is -4.87. The van der Waals surface area contributed by atoms with E-state index in [9.17, 15) is 13.0 Å². The van der Waals surface area contributed by atoms with Crippen molar-refractivity contribution < 1.29 is 27.3 Å². The largest absolute Gasteiger partial charge is 0.346 e. The highest BCUT2D eigenvalue weighted by Crippen LogP contribution is 2.46. The summed E-state index contributed by atoms with van der Waals surface area (Å²) in [7, 11) is -9.61. The average molecular weight is 301 g/mol. The molecule has 1 rings (SSSR count). The molecule has 0 spiro atoms. The molecule has 0 amide bonds. The highest BCUT2D eigenvalue weighted by Gasteiger charge is 2.41. The third kappa shape index (κ3) is 5.34. The van der Waals surface area contributed by atoms with E-state index in [1.165, 1.54) is 0 Å². The van der Waals surface area contributed by atoms with Crippen LogP contribution in [0.2, 0.25) is 0 Å².